The van der Waals surface area contributed by atoms with E-state index < -0.39 is 6.03 Å². The molecule has 2 rings (SSSR count). The number of urea groups is 1. The van der Waals surface area contributed by atoms with Crippen molar-refractivity contribution in [1.29, 1.82) is 0 Å². The van der Waals surface area contributed by atoms with Gasteiger partial charge in [-0.2, -0.15) is 0 Å². The molecule has 2 N–H and O–H groups in total. The fraction of sp³-hybridized carbons (Fsp3) is 0.231. The van der Waals surface area contributed by atoms with Crippen molar-refractivity contribution < 1.29 is 14.3 Å². The van der Waals surface area contributed by atoms with Gasteiger partial charge in [-0.15, -0.1) is 0 Å². The number of anilines is 1. The summed E-state index contributed by atoms with van der Waals surface area (Å²) in [4.78, 5) is 23.1. The normalized spacial score (nSPS) is 14.3. The highest BCUT2D eigenvalue weighted by atomic mass is 35.5. The molecule has 0 radical (unpaired) electrons. The highest BCUT2D eigenvalue weighted by Crippen LogP contribution is 2.17. The molecular formula is C13H13ClN2O3. The zero-order valence-corrected chi connectivity index (χ0v) is 11.1. The Balaban J connectivity index is 2.00. The minimum Gasteiger partial charge on any atom is -0.456 e. The van der Waals surface area contributed by atoms with E-state index in [4.69, 9.17) is 16.3 Å². The molecular weight excluding hydrogens is 268 g/mol. The van der Waals surface area contributed by atoms with Crippen LogP contribution in [0.1, 0.15) is 13.3 Å². The van der Waals surface area contributed by atoms with Crippen LogP contribution in [0.15, 0.2) is 35.5 Å². The monoisotopic (exact) mass is 280 g/mol. The van der Waals surface area contributed by atoms with Crippen molar-refractivity contribution in [2.45, 2.75) is 13.3 Å². The molecule has 2 amide bonds. The van der Waals surface area contributed by atoms with Crippen LogP contribution in [0.2, 0.25) is 5.02 Å². The van der Waals surface area contributed by atoms with Gasteiger partial charge in [0.1, 0.15) is 6.61 Å². The molecule has 1 aliphatic heterocycles. The molecule has 0 fully saturated rings. The number of hydrogen-bond donors (Lipinski definition) is 2. The molecule has 0 bridgehead atoms. The van der Waals surface area contributed by atoms with Crippen LogP contribution in [0.5, 0.6) is 0 Å². The number of carbonyl (C=O) groups is 2. The van der Waals surface area contributed by atoms with Crippen LogP contribution in [0.25, 0.3) is 0 Å². The number of hydrogen-bond acceptors (Lipinski definition) is 3. The molecule has 0 spiro atoms. The number of cyclic esters (lactones) is 1. The van der Waals surface area contributed by atoms with E-state index in [2.05, 4.69) is 10.6 Å². The van der Waals surface area contributed by atoms with Crippen LogP contribution in [-0.2, 0) is 9.53 Å². The first-order valence-corrected chi connectivity index (χ1v) is 6.20. The zero-order chi connectivity index (χ0) is 13.8. The van der Waals surface area contributed by atoms with E-state index in [0.717, 1.165) is 0 Å². The Morgan fingerprint density at radius 2 is 2.00 bits per heavy atom. The Morgan fingerprint density at radius 1 is 1.32 bits per heavy atom. The molecule has 5 nitrogen and oxygen atoms in total. The predicted octanol–water partition coefficient (Wildman–Crippen LogP) is 2.68. The van der Waals surface area contributed by atoms with Crippen molar-refractivity contribution in [1.82, 2.24) is 5.32 Å². The second kappa shape index (κ2) is 5.75. The van der Waals surface area contributed by atoms with Gasteiger partial charge in [0.25, 0.3) is 0 Å². The van der Waals surface area contributed by atoms with E-state index in [1.54, 1.807) is 24.3 Å². The summed E-state index contributed by atoms with van der Waals surface area (Å²) in [5.41, 5.74) is 1.64. The van der Waals surface area contributed by atoms with Crippen LogP contribution in [-0.4, -0.2) is 18.6 Å². The standard InChI is InChI=1S/C13H13ClN2O3/c1-2-10-11(7-19-12(10)17)16-13(18)15-9-5-3-8(14)4-6-9/h3-6H,2,7H2,1H3,(H2,15,16,18). The van der Waals surface area contributed by atoms with Gasteiger partial charge in [-0.1, -0.05) is 18.5 Å². The highest BCUT2D eigenvalue weighted by molar-refractivity contribution is 6.30. The lowest BCUT2D eigenvalue weighted by atomic mass is 10.2. The summed E-state index contributed by atoms with van der Waals surface area (Å²) in [5, 5.41) is 5.86. The number of nitrogens with one attached hydrogen (secondary N) is 2. The summed E-state index contributed by atoms with van der Waals surface area (Å²) in [6.45, 7) is 1.94. The van der Waals surface area contributed by atoms with Crippen molar-refractivity contribution >= 4 is 29.3 Å². The number of ether oxygens (including phenoxy) is 1. The Morgan fingerprint density at radius 3 is 2.63 bits per heavy atom. The van der Waals surface area contributed by atoms with E-state index in [0.29, 0.717) is 28.4 Å². The summed E-state index contributed by atoms with van der Waals surface area (Å²) in [5.74, 6) is -0.371. The van der Waals surface area contributed by atoms with E-state index >= 15 is 0 Å². The van der Waals surface area contributed by atoms with E-state index in [-0.39, 0.29) is 12.6 Å². The molecule has 0 saturated carbocycles. The number of esters is 1. The molecule has 0 aliphatic carbocycles. The van der Waals surface area contributed by atoms with Gasteiger partial charge in [-0.3, -0.25) is 0 Å². The largest absolute Gasteiger partial charge is 0.456 e. The molecule has 0 atom stereocenters. The lowest BCUT2D eigenvalue weighted by molar-refractivity contribution is -0.136. The van der Waals surface area contributed by atoms with Crippen LogP contribution < -0.4 is 10.6 Å². The van der Waals surface area contributed by atoms with Gasteiger partial charge in [-0.05, 0) is 30.7 Å². The molecule has 6 heteroatoms. The van der Waals surface area contributed by atoms with E-state index in [9.17, 15) is 9.59 Å². The van der Waals surface area contributed by atoms with E-state index in [1.807, 2.05) is 6.92 Å². The first-order chi connectivity index (χ1) is 9.10. The van der Waals surface area contributed by atoms with Crippen molar-refractivity contribution in [3.05, 3.63) is 40.6 Å². The number of amides is 2. The molecule has 1 aliphatic rings. The third kappa shape index (κ3) is 3.26. The first kappa shape index (κ1) is 13.4. The molecule has 19 heavy (non-hydrogen) atoms. The van der Waals surface area contributed by atoms with Crippen molar-refractivity contribution in [2.24, 2.45) is 0 Å². The Hall–Kier alpha value is -2.01. The van der Waals surface area contributed by atoms with Crippen molar-refractivity contribution in [3.63, 3.8) is 0 Å². The van der Waals surface area contributed by atoms with Crippen LogP contribution in [0.4, 0.5) is 10.5 Å². The molecule has 1 aromatic rings. The Bertz CT molecular complexity index is 537. The summed E-state index contributed by atoms with van der Waals surface area (Å²) in [7, 11) is 0. The van der Waals surface area contributed by atoms with Gasteiger partial charge in [0.05, 0.1) is 11.3 Å². The fourth-order valence-corrected chi connectivity index (χ4v) is 1.86. The molecule has 0 aromatic heterocycles. The van der Waals surface area contributed by atoms with Gasteiger partial charge in [0, 0.05) is 10.7 Å². The second-order valence-corrected chi connectivity index (χ2v) is 4.41. The first-order valence-electron chi connectivity index (χ1n) is 5.83. The molecule has 0 unspecified atom stereocenters. The maximum Gasteiger partial charge on any atom is 0.336 e. The average molecular weight is 281 g/mol. The van der Waals surface area contributed by atoms with Crippen molar-refractivity contribution in [3.8, 4) is 0 Å². The maximum absolute atomic E-state index is 11.8. The van der Waals surface area contributed by atoms with Gasteiger partial charge < -0.3 is 15.4 Å². The summed E-state index contributed by atoms with van der Waals surface area (Å²) in [6.07, 6.45) is 0.523. The average Bonchev–Trinajstić information content (AvgIpc) is 2.72. The number of rotatable bonds is 3. The van der Waals surface area contributed by atoms with E-state index in [1.165, 1.54) is 0 Å². The quantitative estimate of drug-likeness (QED) is 0.837. The topological polar surface area (TPSA) is 67.4 Å². The number of carbonyl (C=O) groups excluding carboxylic acids is 2. The molecule has 0 saturated heterocycles. The molecule has 100 valence electrons. The number of halogens is 1. The third-order valence-electron chi connectivity index (χ3n) is 2.68. The SMILES string of the molecule is CCC1=C(NC(=O)Nc2ccc(Cl)cc2)COC1=O. The van der Waals surface area contributed by atoms with Gasteiger partial charge >= 0.3 is 12.0 Å². The highest BCUT2D eigenvalue weighted by Gasteiger charge is 2.24. The lowest BCUT2D eigenvalue weighted by Gasteiger charge is -2.08. The predicted molar refractivity (Wildman–Crippen MR) is 71.9 cm³/mol. The fourth-order valence-electron chi connectivity index (χ4n) is 1.74. The van der Waals surface area contributed by atoms with Crippen molar-refractivity contribution in [2.75, 3.05) is 11.9 Å². The zero-order valence-electron chi connectivity index (χ0n) is 10.3. The lowest BCUT2D eigenvalue weighted by Crippen LogP contribution is -2.29. The summed E-state index contributed by atoms with van der Waals surface area (Å²) >= 11 is 5.75. The Kier molecular flexibility index (Phi) is 4.06. The number of benzene rings is 1. The minimum absolute atomic E-state index is 0.107. The molecule has 1 heterocycles. The maximum atomic E-state index is 11.8. The van der Waals surface area contributed by atoms with Gasteiger partial charge in [-0.25, -0.2) is 9.59 Å². The smallest absolute Gasteiger partial charge is 0.336 e. The molecule has 1 aromatic carbocycles. The third-order valence-corrected chi connectivity index (χ3v) is 2.93. The second-order valence-electron chi connectivity index (χ2n) is 3.97. The Labute approximate surface area is 115 Å². The van der Waals surface area contributed by atoms with Crippen LogP contribution in [0.3, 0.4) is 0 Å². The van der Waals surface area contributed by atoms with Gasteiger partial charge in [0.2, 0.25) is 0 Å². The minimum atomic E-state index is -0.415. The van der Waals surface area contributed by atoms with Crippen LogP contribution >= 0.6 is 11.6 Å². The summed E-state index contributed by atoms with van der Waals surface area (Å²) < 4.78 is 4.86. The van der Waals surface area contributed by atoms with Gasteiger partial charge in [0.15, 0.2) is 0 Å². The van der Waals surface area contributed by atoms with Crippen LogP contribution in [0, 0.1) is 0 Å². The summed E-state index contributed by atoms with van der Waals surface area (Å²) in [6, 6.07) is 6.31.